The van der Waals surface area contributed by atoms with E-state index in [-0.39, 0.29) is 17.1 Å². The number of ether oxygens (including phenoxy) is 4. The van der Waals surface area contributed by atoms with Gasteiger partial charge in [0.2, 0.25) is 0 Å². The van der Waals surface area contributed by atoms with E-state index in [4.69, 9.17) is 14.2 Å². The molecule has 340 valence electrons. The molecule has 0 amide bonds. The molecule has 0 bridgehead atoms. The molecule has 0 aliphatic heterocycles. The number of rotatable bonds is 26. The van der Waals surface area contributed by atoms with Gasteiger partial charge in [-0.1, -0.05) is 89.0 Å². The van der Waals surface area contributed by atoms with Crippen molar-refractivity contribution in [1.82, 2.24) is 0 Å². The molecule has 0 saturated carbocycles. The standard InChI is InChI=1S/C42H45ClF12O6/c1-3-4-5-6-7-8-9-10-11-12-26-58-32-19-17-30(18-20-32)29-13-15-31(16-14-29)36(57)61-34-23-21-33(22-24-34)60-28(2)35(56)59-27-25-37(44,45)38(46,47)39(48,49)40(50,51)41(52,53)42(43,54)55/h13-24,28H,3-12,25-27H2,1-2H3/t28-/m0/s1. The van der Waals surface area contributed by atoms with Crippen LogP contribution in [0.2, 0.25) is 0 Å². The number of hydrogen-bond donors (Lipinski definition) is 0. The second-order valence-electron chi connectivity index (χ2n) is 14.2. The first-order valence-corrected chi connectivity index (χ1v) is 19.7. The normalized spacial score (nSPS) is 13.4. The maximum atomic E-state index is 14.1. The summed E-state index contributed by atoms with van der Waals surface area (Å²) in [5.41, 5.74) is 1.91. The van der Waals surface area contributed by atoms with Gasteiger partial charge in [-0.15, -0.1) is 0 Å². The van der Waals surface area contributed by atoms with Crippen LogP contribution in [0.15, 0.2) is 72.8 Å². The van der Waals surface area contributed by atoms with Gasteiger partial charge in [0, 0.05) is 0 Å². The minimum Gasteiger partial charge on any atom is -0.494 e. The van der Waals surface area contributed by atoms with Gasteiger partial charge in [-0.3, -0.25) is 0 Å². The monoisotopic (exact) mass is 908 g/mol. The van der Waals surface area contributed by atoms with E-state index in [9.17, 15) is 62.3 Å². The molecule has 0 N–H and O–H groups in total. The Kier molecular flexibility index (Phi) is 18.1. The number of benzene rings is 3. The summed E-state index contributed by atoms with van der Waals surface area (Å²) in [5, 5.41) is -6.55. The highest BCUT2D eigenvalue weighted by Gasteiger charge is 2.89. The van der Waals surface area contributed by atoms with E-state index in [1.807, 2.05) is 24.3 Å². The fourth-order valence-electron chi connectivity index (χ4n) is 5.68. The van der Waals surface area contributed by atoms with E-state index in [1.165, 1.54) is 75.6 Å². The van der Waals surface area contributed by atoms with E-state index >= 15 is 0 Å². The van der Waals surface area contributed by atoms with Crippen LogP contribution in [0.1, 0.15) is 94.8 Å². The molecule has 6 nitrogen and oxygen atoms in total. The van der Waals surface area contributed by atoms with Gasteiger partial charge in [-0.05, 0) is 84.6 Å². The smallest absolute Gasteiger partial charge is 0.393 e. The van der Waals surface area contributed by atoms with Crippen LogP contribution in [0.3, 0.4) is 0 Å². The van der Waals surface area contributed by atoms with Crippen molar-refractivity contribution in [2.75, 3.05) is 13.2 Å². The average Bonchev–Trinajstić information content (AvgIpc) is 3.20. The third-order valence-electron chi connectivity index (χ3n) is 9.41. The van der Waals surface area contributed by atoms with Crippen molar-refractivity contribution in [3.05, 3.63) is 78.4 Å². The van der Waals surface area contributed by atoms with Crippen molar-refractivity contribution in [3.8, 4) is 28.4 Å². The van der Waals surface area contributed by atoms with Crippen LogP contribution in [-0.2, 0) is 9.53 Å². The predicted octanol–water partition coefficient (Wildman–Crippen LogP) is 13.6. The Labute approximate surface area is 349 Å². The number of unbranched alkanes of at least 4 members (excludes halogenated alkanes) is 9. The van der Waals surface area contributed by atoms with Gasteiger partial charge in [0.05, 0.1) is 25.2 Å². The molecule has 3 rings (SSSR count). The maximum Gasteiger partial charge on any atom is 0.393 e. The third-order valence-corrected chi connectivity index (χ3v) is 9.65. The van der Waals surface area contributed by atoms with Crippen molar-refractivity contribution in [2.24, 2.45) is 0 Å². The Morgan fingerprint density at radius 1 is 0.557 bits per heavy atom. The fourth-order valence-corrected chi connectivity index (χ4v) is 5.80. The first kappa shape index (κ1) is 51.0. The first-order valence-electron chi connectivity index (χ1n) is 19.3. The molecular formula is C42H45ClF12O6. The minimum atomic E-state index is -7.79. The summed E-state index contributed by atoms with van der Waals surface area (Å²) in [6.07, 6.45) is 7.99. The van der Waals surface area contributed by atoms with Crippen LogP contribution in [0.4, 0.5) is 52.7 Å². The molecule has 0 aliphatic carbocycles. The topological polar surface area (TPSA) is 71.1 Å². The van der Waals surface area contributed by atoms with Gasteiger partial charge in [-0.25, -0.2) is 9.59 Å². The zero-order valence-corrected chi connectivity index (χ0v) is 33.8. The molecule has 0 heterocycles. The predicted molar refractivity (Wildman–Crippen MR) is 202 cm³/mol. The zero-order valence-electron chi connectivity index (χ0n) is 33.1. The quantitative estimate of drug-likeness (QED) is 0.0263. The largest absolute Gasteiger partial charge is 0.494 e. The Hall–Kier alpha value is -4.35. The van der Waals surface area contributed by atoms with Gasteiger partial charge in [0.15, 0.2) is 6.10 Å². The van der Waals surface area contributed by atoms with Gasteiger partial charge >= 0.3 is 46.9 Å². The number of carbonyl (C=O) groups is 2. The molecule has 0 unspecified atom stereocenters. The van der Waals surface area contributed by atoms with Crippen LogP contribution in [0.5, 0.6) is 17.2 Å². The molecule has 1 atom stereocenters. The van der Waals surface area contributed by atoms with Crippen molar-refractivity contribution < 1.29 is 81.2 Å². The van der Waals surface area contributed by atoms with Crippen molar-refractivity contribution in [3.63, 3.8) is 0 Å². The fraction of sp³-hybridized carbons (Fsp3) is 0.524. The molecule has 19 heteroatoms. The first-order chi connectivity index (χ1) is 28.4. The Morgan fingerprint density at radius 2 is 1.00 bits per heavy atom. The van der Waals surface area contributed by atoms with Crippen molar-refractivity contribution in [1.29, 1.82) is 0 Å². The summed E-state index contributed by atoms with van der Waals surface area (Å²) in [7, 11) is 0. The van der Waals surface area contributed by atoms with Crippen LogP contribution < -0.4 is 14.2 Å². The molecule has 0 aliphatic rings. The number of carbonyl (C=O) groups excluding carboxylic acids is 2. The summed E-state index contributed by atoms with van der Waals surface area (Å²) in [6, 6.07) is 19.0. The van der Waals surface area contributed by atoms with E-state index in [1.54, 1.807) is 24.3 Å². The molecule has 0 saturated heterocycles. The molecule has 3 aromatic carbocycles. The van der Waals surface area contributed by atoms with Crippen LogP contribution in [0, 0.1) is 0 Å². The van der Waals surface area contributed by atoms with E-state index in [0.29, 0.717) is 6.61 Å². The number of halogens is 13. The third kappa shape index (κ3) is 13.1. The van der Waals surface area contributed by atoms with E-state index < -0.39 is 66.1 Å². The Morgan fingerprint density at radius 3 is 1.51 bits per heavy atom. The lowest BCUT2D eigenvalue weighted by atomic mass is 9.93. The molecule has 0 aromatic heterocycles. The summed E-state index contributed by atoms with van der Waals surface area (Å²) in [6.45, 7) is 1.95. The lowest BCUT2D eigenvalue weighted by Gasteiger charge is -2.40. The number of esters is 2. The van der Waals surface area contributed by atoms with E-state index in [2.05, 4.69) is 23.3 Å². The lowest BCUT2D eigenvalue weighted by molar-refractivity contribution is -0.417. The van der Waals surface area contributed by atoms with Crippen molar-refractivity contribution >= 4 is 23.5 Å². The molecule has 61 heavy (non-hydrogen) atoms. The minimum absolute atomic E-state index is 0.0168. The summed E-state index contributed by atoms with van der Waals surface area (Å²) >= 11 is 3.67. The Bertz CT molecular complexity index is 1820. The molecule has 0 radical (unpaired) electrons. The lowest BCUT2D eigenvalue weighted by Crippen LogP contribution is -2.70. The Balaban J connectivity index is 1.44. The molecular weight excluding hydrogens is 864 g/mol. The summed E-state index contributed by atoms with van der Waals surface area (Å²) < 4.78 is 183. The summed E-state index contributed by atoms with van der Waals surface area (Å²) in [4.78, 5) is 24.9. The van der Waals surface area contributed by atoms with E-state index in [0.717, 1.165) is 36.6 Å². The van der Waals surface area contributed by atoms with Gasteiger partial charge in [0.1, 0.15) is 17.2 Å². The average molecular weight is 909 g/mol. The molecule has 0 spiro atoms. The second kappa shape index (κ2) is 21.6. The maximum absolute atomic E-state index is 14.1. The van der Waals surface area contributed by atoms with Crippen LogP contribution >= 0.6 is 11.6 Å². The summed E-state index contributed by atoms with van der Waals surface area (Å²) in [5.74, 6) is -38.3. The number of hydrogen-bond acceptors (Lipinski definition) is 6. The zero-order chi connectivity index (χ0) is 45.7. The SMILES string of the molecule is CCCCCCCCCCCCOc1ccc(-c2ccc(C(=O)Oc3ccc(O[C@@H](C)C(=O)OCCC(F)(F)C(F)(F)C(F)(F)C(F)(F)C(F)(F)C(F)(F)Cl)cc3)cc2)cc1. The van der Waals surface area contributed by atoms with Gasteiger partial charge < -0.3 is 18.9 Å². The number of alkyl halides is 13. The van der Waals surface area contributed by atoms with Crippen LogP contribution in [-0.4, -0.2) is 66.3 Å². The van der Waals surface area contributed by atoms with Gasteiger partial charge in [-0.2, -0.15) is 52.7 Å². The van der Waals surface area contributed by atoms with Crippen LogP contribution in [0.25, 0.3) is 11.1 Å². The van der Waals surface area contributed by atoms with Crippen molar-refractivity contribution in [2.45, 2.75) is 126 Å². The highest BCUT2D eigenvalue weighted by atomic mass is 35.5. The van der Waals surface area contributed by atoms with Gasteiger partial charge in [0.25, 0.3) is 0 Å². The highest BCUT2D eigenvalue weighted by Crippen LogP contribution is 2.61. The highest BCUT2D eigenvalue weighted by molar-refractivity contribution is 6.22. The second-order valence-corrected chi connectivity index (χ2v) is 14.6. The molecule has 0 fully saturated rings. The molecule has 3 aromatic rings.